The first-order chi connectivity index (χ1) is 10.7. The summed E-state index contributed by atoms with van der Waals surface area (Å²) in [6, 6.07) is 8.35. The second kappa shape index (κ2) is 7.21. The fourth-order valence-corrected chi connectivity index (χ4v) is 2.61. The van der Waals surface area contributed by atoms with Crippen LogP contribution in [0.5, 0.6) is 0 Å². The van der Waals surface area contributed by atoms with E-state index in [1.807, 2.05) is 27.7 Å². The van der Waals surface area contributed by atoms with Crippen molar-refractivity contribution in [3.05, 3.63) is 29.8 Å². The molecule has 0 aliphatic carbocycles. The molecular weight excluding hydrogens is 290 g/mol. The van der Waals surface area contributed by atoms with E-state index in [2.05, 4.69) is 46.4 Å². The number of amides is 1. The van der Waals surface area contributed by atoms with Gasteiger partial charge in [-0.15, -0.1) is 0 Å². The van der Waals surface area contributed by atoms with E-state index >= 15 is 0 Å². The topological polar surface area (TPSA) is 44.8 Å². The molecule has 1 aromatic rings. The highest BCUT2D eigenvalue weighted by atomic mass is 16.6. The first kappa shape index (κ1) is 17.6. The average Bonchev–Trinajstić information content (AvgIpc) is 2.46. The summed E-state index contributed by atoms with van der Waals surface area (Å²) in [6.45, 7) is 11.9. The van der Waals surface area contributed by atoms with Gasteiger partial charge in [-0.25, -0.2) is 4.79 Å². The quantitative estimate of drug-likeness (QED) is 0.930. The van der Waals surface area contributed by atoms with Crippen LogP contribution in [-0.4, -0.2) is 49.8 Å². The Bertz CT molecular complexity index is 514. The third-order valence-corrected chi connectivity index (χ3v) is 3.99. The van der Waals surface area contributed by atoms with Crippen LogP contribution in [0.25, 0.3) is 0 Å². The van der Waals surface area contributed by atoms with Gasteiger partial charge in [0.15, 0.2) is 0 Å². The van der Waals surface area contributed by atoms with Crippen molar-refractivity contribution < 1.29 is 9.53 Å². The molecule has 1 fully saturated rings. The minimum atomic E-state index is -0.477. The van der Waals surface area contributed by atoms with Gasteiger partial charge in [-0.2, -0.15) is 0 Å². The van der Waals surface area contributed by atoms with Gasteiger partial charge in [0, 0.05) is 31.9 Å². The fourth-order valence-electron chi connectivity index (χ4n) is 2.61. The van der Waals surface area contributed by atoms with Crippen molar-refractivity contribution >= 4 is 11.8 Å². The molecule has 0 saturated carbocycles. The first-order valence-corrected chi connectivity index (χ1v) is 8.27. The second-order valence-electron chi connectivity index (χ2n) is 7.25. The maximum atomic E-state index is 11.8. The molecule has 0 spiro atoms. The van der Waals surface area contributed by atoms with Gasteiger partial charge in [-0.05, 0) is 52.4 Å². The highest BCUT2D eigenvalue weighted by molar-refractivity contribution is 5.68. The monoisotopic (exact) mass is 319 g/mol. The van der Waals surface area contributed by atoms with Crippen molar-refractivity contribution in [1.82, 2.24) is 10.2 Å². The number of likely N-dealkylation sites (N-methyl/N-ethyl adjacent to an activating group) is 1. The van der Waals surface area contributed by atoms with Gasteiger partial charge < -0.3 is 19.9 Å². The van der Waals surface area contributed by atoms with Crippen LogP contribution >= 0.6 is 0 Å². The number of carbonyl (C=O) groups is 1. The lowest BCUT2D eigenvalue weighted by Gasteiger charge is -2.34. The Kier molecular flexibility index (Phi) is 5.52. The summed E-state index contributed by atoms with van der Waals surface area (Å²) in [7, 11) is 2.16. The minimum absolute atomic E-state index is 0.0774. The smallest absolute Gasteiger partial charge is 0.408 e. The molecule has 1 aliphatic heterocycles. The van der Waals surface area contributed by atoms with Crippen LogP contribution in [0.2, 0.25) is 0 Å². The number of benzene rings is 1. The molecule has 1 amide bonds. The first-order valence-electron chi connectivity index (χ1n) is 8.27. The third-order valence-electron chi connectivity index (χ3n) is 3.99. The van der Waals surface area contributed by atoms with E-state index in [-0.39, 0.29) is 12.1 Å². The number of nitrogens with one attached hydrogen (secondary N) is 1. The number of carbonyl (C=O) groups excluding carboxylic acids is 1. The number of nitrogens with zero attached hydrogens (tertiary/aromatic N) is 2. The highest BCUT2D eigenvalue weighted by Crippen LogP contribution is 2.20. The largest absolute Gasteiger partial charge is 0.444 e. The van der Waals surface area contributed by atoms with E-state index in [0.29, 0.717) is 0 Å². The molecule has 2 rings (SSSR count). The summed E-state index contributed by atoms with van der Waals surface area (Å²) >= 11 is 0. The summed E-state index contributed by atoms with van der Waals surface area (Å²) in [5, 5.41) is 2.88. The number of alkyl carbamates (subject to hydrolysis) is 1. The van der Waals surface area contributed by atoms with Gasteiger partial charge in [0.2, 0.25) is 0 Å². The summed E-state index contributed by atoms with van der Waals surface area (Å²) in [4.78, 5) is 16.6. The molecule has 23 heavy (non-hydrogen) atoms. The highest BCUT2D eigenvalue weighted by Gasteiger charge is 2.19. The van der Waals surface area contributed by atoms with Gasteiger partial charge >= 0.3 is 6.09 Å². The summed E-state index contributed by atoms with van der Waals surface area (Å²) < 4.78 is 5.30. The van der Waals surface area contributed by atoms with Crippen molar-refractivity contribution in [2.45, 2.75) is 39.3 Å². The summed E-state index contributed by atoms with van der Waals surface area (Å²) in [6.07, 6.45) is -0.381. The number of hydrogen-bond acceptors (Lipinski definition) is 4. The predicted molar refractivity (Wildman–Crippen MR) is 93.9 cm³/mol. The van der Waals surface area contributed by atoms with Crippen LogP contribution in [0.3, 0.4) is 0 Å². The molecule has 0 aromatic heterocycles. The SMILES string of the molecule is C[C@H](NC(=O)OC(C)(C)C)c1ccc(N2CCN(C)CC2)cc1. The van der Waals surface area contributed by atoms with Gasteiger partial charge in [-0.3, -0.25) is 0 Å². The van der Waals surface area contributed by atoms with E-state index in [0.717, 1.165) is 31.7 Å². The predicted octanol–water partition coefficient (Wildman–Crippen LogP) is 3.02. The Hall–Kier alpha value is -1.75. The molecular formula is C18H29N3O2. The van der Waals surface area contributed by atoms with Crippen molar-refractivity contribution in [1.29, 1.82) is 0 Å². The van der Waals surface area contributed by atoms with Crippen molar-refractivity contribution in [2.75, 3.05) is 38.1 Å². The molecule has 5 heteroatoms. The Balaban J connectivity index is 1.92. The summed E-state index contributed by atoms with van der Waals surface area (Å²) in [5.74, 6) is 0. The number of anilines is 1. The number of rotatable bonds is 3. The number of piperazine rings is 1. The second-order valence-corrected chi connectivity index (χ2v) is 7.25. The van der Waals surface area contributed by atoms with E-state index in [4.69, 9.17) is 4.74 Å². The molecule has 0 radical (unpaired) electrons. The van der Waals surface area contributed by atoms with Gasteiger partial charge in [0.25, 0.3) is 0 Å². The Morgan fingerprint density at radius 2 is 1.70 bits per heavy atom. The van der Waals surface area contributed by atoms with Crippen LogP contribution < -0.4 is 10.2 Å². The molecule has 128 valence electrons. The number of hydrogen-bond donors (Lipinski definition) is 1. The maximum Gasteiger partial charge on any atom is 0.408 e. The Labute approximate surface area is 139 Å². The van der Waals surface area contributed by atoms with Crippen LogP contribution in [0.15, 0.2) is 24.3 Å². The zero-order chi connectivity index (χ0) is 17.0. The molecule has 1 N–H and O–H groups in total. The molecule has 1 aromatic carbocycles. The van der Waals surface area contributed by atoms with Crippen LogP contribution in [-0.2, 0) is 4.74 Å². The molecule has 0 unspecified atom stereocenters. The Morgan fingerprint density at radius 1 is 1.13 bits per heavy atom. The standard InChI is InChI=1S/C18H29N3O2/c1-14(19-17(22)23-18(2,3)4)15-6-8-16(9-7-15)21-12-10-20(5)11-13-21/h6-9,14H,10-13H2,1-5H3,(H,19,22)/t14-/m0/s1. The lowest BCUT2D eigenvalue weighted by atomic mass is 10.1. The van der Waals surface area contributed by atoms with Crippen LogP contribution in [0.4, 0.5) is 10.5 Å². The molecule has 1 atom stereocenters. The van der Waals surface area contributed by atoms with E-state index in [9.17, 15) is 4.79 Å². The average molecular weight is 319 g/mol. The third kappa shape index (κ3) is 5.43. The molecule has 1 aliphatic rings. The number of ether oxygens (including phenoxy) is 1. The maximum absolute atomic E-state index is 11.8. The van der Waals surface area contributed by atoms with E-state index < -0.39 is 5.60 Å². The zero-order valence-electron chi connectivity index (χ0n) is 14.9. The van der Waals surface area contributed by atoms with Crippen LogP contribution in [0, 0.1) is 0 Å². The lowest BCUT2D eigenvalue weighted by molar-refractivity contribution is 0.0508. The van der Waals surface area contributed by atoms with E-state index in [1.165, 1.54) is 5.69 Å². The van der Waals surface area contributed by atoms with Crippen molar-refractivity contribution in [2.24, 2.45) is 0 Å². The van der Waals surface area contributed by atoms with Crippen LogP contribution in [0.1, 0.15) is 39.3 Å². The normalized spacial score (nSPS) is 17.7. The molecule has 0 bridgehead atoms. The van der Waals surface area contributed by atoms with Crippen molar-refractivity contribution in [3.8, 4) is 0 Å². The Morgan fingerprint density at radius 3 is 2.22 bits per heavy atom. The molecule has 5 nitrogen and oxygen atoms in total. The fraction of sp³-hybridized carbons (Fsp3) is 0.611. The minimum Gasteiger partial charge on any atom is -0.444 e. The molecule has 1 heterocycles. The molecule has 1 saturated heterocycles. The lowest BCUT2D eigenvalue weighted by Crippen LogP contribution is -2.44. The zero-order valence-corrected chi connectivity index (χ0v) is 14.9. The van der Waals surface area contributed by atoms with Gasteiger partial charge in [0.05, 0.1) is 6.04 Å². The van der Waals surface area contributed by atoms with Crippen molar-refractivity contribution in [3.63, 3.8) is 0 Å². The van der Waals surface area contributed by atoms with E-state index in [1.54, 1.807) is 0 Å². The van der Waals surface area contributed by atoms with Gasteiger partial charge in [-0.1, -0.05) is 12.1 Å². The van der Waals surface area contributed by atoms with Gasteiger partial charge in [0.1, 0.15) is 5.60 Å². The summed E-state index contributed by atoms with van der Waals surface area (Å²) in [5.41, 5.74) is 1.84.